The summed E-state index contributed by atoms with van der Waals surface area (Å²) in [5, 5.41) is 9.14. The summed E-state index contributed by atoms with van der Waals surface area (Å²) in [5.74, 6) is 1.56. The normalized spacial score (nSPS) is 11.9. The second-order valence-electron chi connectivity index (χ2n) is 29.6. The number of hydrogen-bond donors (Lipinski definition) is 0. The monoisotopic (exact) mass is 1390 g/mol. The fourth-order valence-corrected chi connectivity index (χ4v) is 17.7. The van der Waals surface area contributed by atoms with Crippen LogP contribution in [0.1, 0.15) is 44.5 Å². The summed E-state index contributed by atoms with van der Waals surface area (Å²) in [6.45, 7) is 17.6. The van der Waals surface area contributed by atoms with Crippen molar-refractivity contribution >= 4 is 87.2 Å². The zero-order valence-corrected chi connectivity index (χ0v) is 61.6. The van der Waals surface area contributed by atoms with Crippen molar-refractivity contribution in [3.05, 3.63) is 354 Å². The molecule has 7 nitrogen and oxygen atoms in total. The number of rotatable bonds is 11. The van der Waals surface area contributed by atoms with Gasteiger partial charge in [-0.1, -0.05) is 259 Å². The zero-order chi connectivity index (χ0) is 72.7. The van der Waals surface area contributed by atoms with Crippen LogP contribution in [0, 0.1) is 55.4 Å². The van der Waals surface area contributed by atoms with Crippen molar-refractivity contribution in [3.8, 4) is 101 Å². The highest BCUT2D eigenvalue weighted by Gasteiger charge is 2.30. The predicted octanol–water partition coefficient (Wildman–Crippen LogP) is 26.4. The van der Waals surface area contributed by atoms with Crippen molar-refractivity contribution in [2.24, 2.45) is 0 Å². The van der Waals surface area contributed by atoms with E-state index < -0.39 is 0 Å². The molecule has 0 aliphatic heterocycles. The molecule has 15 aromatic carbocycles. The zero-order valence-electron chi connectivity index (χ0n) is 61.6. The first-order chi connectivity index (χ1) is 52.8. The number of hydrogen-bond acceptors (Lipinski definition) is 3. The van der Waals surface area contributed by atoms with E-state index in [2.05, 4.69) is 383 Å². The summed E-state index contributed by atoms with van der Waals surface area (Å²) in [5.41, 5.74) is 33.8. The molecule has 0 atom stereocenters. The van der Waals surface area contributed by atoms with Crippen molar-refractivity contribution in [2.75, 3.05) is 0 Å². The van der Waals surface area contributed by atoms with Gasteiger partial charge in [-0.05, 0) is 195 Å². The molecule has 0 fully saturated rings. The molecule has 0 saturated carbocycles. The first-order valence-electron chi connectivity index (χ1n) is 37.4. The van der Waals surface area contributed by atoms with Crippen molar-refractivity contribution in [1.29, 1.82) is 0 Å². The van der Waals surface area contributed by atoms with Crippen molar-refractivity contribution in [1.82, 2.24) is 33.2 Å². The first-order valence-corrected chi connectivity index (χ1v) is 37.4. The summed E-state index contributed by atoms with van der Waals surface area (Å²) in [6, 6.07) is 115. The molecule has 108 heavy (non-hydrogen) atoms. The maximum Gasteiger partial charge on any atom is 0.168 e. The fourth-order valence-electron chi connectivity index (χ4n) is 17.7. The highest BCUT2D eigenvalue weighted by Crippen LogP contribution is 2.48. The minimum absolute atomic E-state index is 0.511. The molecule has 0 spiro atoms. The van der Waals surface area contributed by atoms with Crippen molar-refractivity contribution in [3.63, 3.8) is 0 Å². The molecule has 0 bridgehead atoms. The second-order valence-corrected chi connectivity index (χ2v) is 29.6. The van der Waals surface area contributed by atoms with Crippen LogP contribution >= 0.6 is 0 Å². The van der Waals surface area contributed by atoms with Crippen LogP contribution in [0.25, 0.3) is 189 Å². The van der Waals surface area contributed by atoms with Crippen LogP contribution in [-0.4, -0.2) is 33.2 Å². The van der Waals surface area contributed by atoms with Gasteiger partial charge >= 0.3 is 0 Å². The Morgan fingerprint density at radius 2 is 0.435 bits per heavy atom. The standard InChI is InChI=1S/C101H75N7/c1-60-36-44-73(64(5)52-60)69-40-48-81-77-24-12-16-28-85(77)105(93(81)56-69)89-32-20-33-90(106-86-29-17-13-25-78(86)82-49-41-70(57-94(82)106)74-45-37-61(2)53-65(74)6)97(89)100-102-99(68-22-10-9-11-23-68)103-101(104-100)98-91(107-87-30-18-14-26-79(87)83-50-42-71(58-95(83)107)75-46-38-62(3)54-66(75)7)34-21-35-92(98)108-88-31-19-15-27-80(88)84-51-43-72(59-96(84)108)76-47-39-63(4)55-67(76)8/h9-59H,1-8H3. The Labute approximate surface area is 627 Å². The minimum atomic E-state index is 0.511. The molecule has 0 unspecified atom stereocenters. The fraction of sp³-hybridized carbons (Fsp3) is 0.0792. The lowest BCUT2D eigenvalue weighted by molar-refractivity contribution is 1.04. The number of fused-ring (bicyclic) bond motifs is 12. The average Bonchev–Trinajstić information content (AvgIpc) is 1.54. The third-order valence-corrected chi connectivity index (χ3v) is 22.6. The topological polar surface area (TPSA) is 58.4 Å². The Morgan fingerprint density at radius 1 is 0.185 bits per heavy atom. The van der Waals surface area contributed by atoms with Crippen molar-refractivity contribution < 1.29 is 0 Å². The Bertz CT molecular complexity index is 6370. The Hall–Kier alpha value is -13.5. The van der Waals surface area contributed by atoms with E-state index in [1.807, 2.05) is 0 Å². The van der Waals surface area contributed by atoms with E-state index in [1.165, 1.54) is 66.8 Å². The molecular weight excluding hydrogens is 1310 g/mol. The Morgan fingerprint density at radius 3 is 0.713 bits per heavy atom. The summed E-state index contributed by atoms with van der Waals surface area (Å²) >= 11 is 0. The third-order valence-electron chi connectivity index (χ3n) is 22.6. The lowest BCUT2D eigenvalue weighted by Crippen LogP contribution is -2.10. The van der Waals surface area contributed by atoms with E-state index >= 15 is 0 Å². The maximum absolute atomic E-state index is 6.29. The van der Waals surface area contributed by atoms with E-state index in [0.29, 0.717) is 17.5 Å². The van der Waals surface area contributed by atoms with Gasteiger partial charge in [0.05, 0.1) is 78.0 Å². The largest absolute Gasteiger partial charge is 0.308 e. The summed E-state index contributed by atoms with van der Waals surface area (Å²) < 4.78 is 9.92. The van der Waals surface area contributed by atoms with Gasteiger partial charge in [-0.15, -0.1) is 0 Å². The van der Waals surface area contributed by atoms with Crippen LogP contribution in [0.15, 0.2) is 309 Å². The summed E-state index contributed by atoms with van der Waals surface area (Å²) in [6.07, 6.45) is 0. The second kappa shape index (κ2) is 25.1. The molecule has 20 aromatic rings. The molecule has 0 aliphatic rings. The van der Waals surface area contributed by atoms with Crippen LogP contribution in [0.2, 0.25) is 0 Å². The maximum atomic E-state index is 6.29. The molecule has 0 N–H and O–H groups in total. The van der Waals surface area contributed by atoms with Crippen LogP contribution < -0.4 is 0 Å². The molecule has 5 heterocycles. The molecule has 0 radical (unpaired) electrons. The van der Waals surface area contributed by atoms with Gasteiger partial charge in [0, 0.05) is 48.7 Å². The molecule has 0 amide bonds. The van der Waals surface area contributed by atoms with E-state index in [0.717, 1.165) is 149 Å². The SMILES string of the molecule is Cc1ccc(-c2ccc3c4ccccc4n(-c4cccc(-n5c6ccccc6c6ccc(-c7ccc(C)cc7C)cc65)c4-c4nc(-c5ccccc5)nc(-c5c(-n6c7ccccc7c7ccc(-c8ccc(C)cc8C)cc76)cccc5-n5c6ccccc6c6ccc(-c7ccc(C)cc7C)cc65)n4)c3c2)c(C)c1. The number of benzene rings is 15. The Kier molecular flexibility index (Phi) is 14.9. The van der Waals surface area contributed by atoms with Crippen LogP contribution in [0.4, 0.5) is 0 Å². The minimum Gasteiger partial charge on any atom is -0.308 e. The first kappa shape index (κ1) is 64.1. The summed E-state index contributed by atoms with van der Waals surface area (Å²) in [7, 11) is 0. The number of aryl methyl sites for hydroxylation is 8. The molecule has 20 rings (SSSR count). The lowest BCUT2D eigenvalue weighted by Gasteiger charge is -2.22. The van der Waals surface area contributed by atoms with Crippen LogP contribution in [0.3, 0.4) is 0 Å². The summed E-state index contributed by atoms with van der Waals surface area (Å²) in [4.78, 5) is 18.2. The van der Waals surface area contributed by atoms with E-state index in [-0.39, 0.29) is 0 Å². The molecule has 0 aliphatic carbocycles. The van der Waals surface area contributed by atoms with Crippen LogP contribution in [-0.2, 0) is 0 Å². The van der Waals surface area contributed by atoms with Gasteiger partial charge in [0.15, 0.2) is 17.5 Å². The predicted molar refractivity (Wildman–Crippen MR) is 453 cm³/mol. The van der Waals surface area contributed by atoms with E-state index in [1.54, 1.807) is 0 Å². The highest BCUT2D eigenvalue weighted by atomic mass is 15.1. The smallest absolute Gasteiger partial charge is 0.168 e. The van der Waals surface area contributed by atoms with Crippen LogP contribution in [0.5, 0.6) is 0 Å². The lowest BCUT2D eigenvalue weighted by atomic mass is 9.97. The average molecular weight is 1390 g/mol. The molecule has 7 heteroatoms. The molecule has 514 valence electrons. The molecule has 0 saturated heterocycles. The number of para-hydroxylation sites is 4. The Balaban J connectivity index is 0.954. The van der Waals surface area contributed by atoms with Gasteiger partial charge in [-0.2, -0.15) is 0 Å². The van der Waals surface area contributed by atoms with Gasteiger partial charge in [0.1, 0.15) is 0 Å². The van der Waals surface area contributed by atoms with Gasteiger partial charge in [-0.3, -0.25) is 0 Å². The third kappa shape index (κ3) is 10.3. The molecular formula is C101H75N7. The highest BCUT2D eigenvalue weighted by molar-refractivity contribution is 6.15. The quantitative estimate of drug-likeness (QED) is 0.130. The number of nitrogens with zero attached hydrogens (tertiary/aromatic N) is 7. The van der Waals surface area contributed by atoms with Gasteiger partial charge in [-0.25, -0.2) is 15.0 Å². The molecule has 5 aromatic heterocycles. The van der Waals surface area contributed by atoms with E-state index in [9.17, 15) is 0 Å². The van der Waals surface area contributed by atoms with Crippen molar-refractivity contribution in [2.45, 2.75) is 55.4 Å². The van der Waals surface area contributed by atoms with E-state index in [4.69, 9.17) is 15.0 Å². The van der Waals surface area contributed by atoms with Gasteiger partial charge in [0.2, 0.25) is 0 Å². The van der Waals surface area contributed by atoms with Gasteiger partial charge < -0.3 is 18.3 Å². The van der Waals surface area contributed by atoms with Gasteiger partial charge in [0.25, 0.3) is 0 Å². The number of aromatic nitrogens is 7.